The zero-order valence-corrected chi connectivity index (χ0v) is 18.6. The standard InChI is InChI=1S/C23H21ClN2O8/c24-14-4-1-3-13-11-16-22(15-12-25-9-2-10-26-15,32-18(28)6-5-17(27)31-16)23(21(13)14)33-19(29)7-8-20(30)34-23/h1,3-8,15-16,25-26H,2,9-12H2/b6-5-. The molecule has 1 fully saturated rings. The molecule has 0 saturated carbocycles. The van der Waals surface area contributed by atoms with Crippen molar-refractivity contribution in [2.45, 2.75) is 36.4 Å². The lowest BCUT2D eigenvalue weighted by Gasteiger charge is -2.55. The third kappa shape index (κ3) is 3.49. The number of carbonyl (C=O) groups is 4. The molecule has 1 spiro atoms. The first-order valence-corrected chi connectivity index (χ1v) is 11.2. The number of carbonyl (C=O) groups excluding carboxylic acids is 4. The van der Waals surface area contributed by atoms with Crippen LogP contribution in [-0.2, 0) is 50.3 Å². The van der Waals surface area contributed by atoms with Crippen molar-refractivity contribution in [3.8, 4) is 0 Å². The summed E-state index contributed by atoms with van der Waals surface area (Å²) in [5, 5.41) is 6.66. The topological polar surface area (TPSA) is 129 Å². The van der Waals surface area contributed by atoms with E-state index in [2.05, 4.69) is 10.6 Å². The number of ether oxygens (including phenoxy) is 4. The Morgan fingerprint density at radius 2 is 1.56 bits per heavy atom. The maximum Gasteiger partial charge on any atom is 0.334 e. The number of hydrogen-bond donors (Lipinski definition) is 2. The molecule has 3 heterocycles. The number of benzene rings is 1. The molecule has 4 aliphatic rings. The molecule has 0 radical (unpaired) electrons. The Bertz CT molecular complexity index is 1100. The second-order valence-corrected chi connectivity index (χ2v) is 8.71. The van der Waals surface area contributed by atoms with Gasteiger partial charge < -0.3 is 29.6 Å². The van der Waals surface area contributed by atoms with Crippen molar-refractivity contribution in [1.29, 1.82) is 0 Å². The van der Waals surface area contributed by atoms with Gasteiger partial charge in [0.05, 0.1) is 16.6 Å². The van der Waals surface area contributed by atoms with Crippen LogP contribution < -0.4 is 10.6 Å². The summed E-state index contributed by atoms with van der Waals surface area (Å²) >= 11 is 6.61. The first-order valence-electron chi connectivity index (χ1n) is 10.8. The first-order chi connectivity index (χ1) is 16.4. The average molecular weight is 489 g/mol. The smallest absolute Gasteiger partial charge is 0.334 e. The van der Waals surface area contributed by atoms with Gasteiger partial charge in [-0.05, 0) is 31.1 Å². The SMILES string of the molecule is O=C1C=CC(=O)OC2(O1)c1c(Cl)cccc1CC1OC(=O)/C=C\C(=O)OC12C1CNCCCN1. The summed E-state index contributed by atoms with van der Waals surface area (Å²) in [7, 11) is 0. The van der Waals surface area contributed by atoms with Gasteiger partial charge in [0.1, 0.15) is 0 Å². The highest BCUT2D eigenvalue weighted by Crippen LogP contribution is 2.54. The number of hydrogen-bond acceptors (Lipinski definition) is 10. The van der Waals surface area contributed by atoms with E-state index in [0.717, 1.165) is 30.7 Å². The molecule has 0 bridgehead atoms. The molecule has 0 amide bonds. The van der Waals surface area contributed by atoms with Crippen LogP contribution >= 0.6 is 11.6 Å². The fraction of sp³-hybridized carbons (Fsp3) is 0.391. The predicted octanol–water partition coefficient (Wildman–Crippen LogP) is 0.420. The molecule has 11 heteroatoms. The Labute approximate surface area is 199 Å². The molecule has 178 valence electrons. The molecule has 1 saturated heterocycles. The van der Waals surface area contributed by atoms with Crippen molar-refractivity contribution in [3.05, 3.63) is 58.7 Å². The van der Waals surface area contributed by atoms with Crippen LogP contribution in [0.2, 0.25) is 5.02 Å². The molecule has 1 aromatic carbocycles. The van der Waals surface area contributed by atoms with E-state index in [1.165, 1.54) is 0 Å². The number of esters is 4. The third-order valence-corrected chi connectivity index (χ3v) is 6.66. The minimum atomic E-state index is -2.36. The van der Waals surface area contributed by atoms with Crippen molar-refractivity contribution < 1.29 is 38.1 Å². The largest absolute Gasteiger partial charge is 0.454 e. The monoisotopic (exact) mass is 488 g/mol. The van der Waals surface area contributed by atoms with Crippen LogP contribution in [0.5, 0.6) is 0 Å². The highest BCUT2D eigenvalue weighted by atomic mass is 35.5. The maximum atomic E-state index is 12.9. The zero-order valence-electron chi connectivity index (χ0n) is 17.9. The second kappa shape index (κ2) is 8.53. The molecule has 34 heavy (non-hydrogen) atoms. The third-order valence-electron chi connectivity index (χ3n) is 6.34. The van der Waals surface area contributed by atoms with Gasteiger partial charge in [-0.3, -0.25) is 0 Å². The van der Waals surface area contributed by atoms with Gasteiger partial charge in [0.2, 0.25) is 5.60 Å². The molecule has 2 N–H and O–H groups in total. The molecule has 3 unspecified atom stereocenters. The van der Waals surface area contributed by atoms with E-state index < -0.39 is 47.4 Å². The minimum Gasteiger partial charge on any atom is -0.454 e. The highest BCUT2D eigenvalue weighted by Gasteiger charge is 2.74. The summed E-state index contributed by atoms with van der Waals surface area (Å²) in [5.41, 5.74) is -1.36. The lowest BCUT2D eigenvalue weighted by Crippen LogP contribution is -2.76. The number of fused-ring (bicyclic) bond motifs is 4. The van der Waals surface area contributed by atoms with E-state index in [9.17, 15) is 19.2 Å². The Morgan fingerprint density at radius 3 is 2.29 bits per heavy atom. The van der Waals surface area contributed by atoms with Crippen molar-refractivity contribution in [1.82, 2.24) is 10.6 Å². The van der Waals surface area contributed by atoms with Crippen molar-refractivity contribution in [2.24, 2.45) is 0 Å². The maximum absolute atomic E-state index is 12.9. The van der Waals surface area contributed by atoms with Crippen molar-refractivity contribution >= 4 is 35.5 Å². The fourth-order valence-electron chi connectivity index (χ4n) is 5.05. The van der Waals surface area contributed by atoms with Crippen LogP contribution in [0, 0.1) is 0 Å². The molecule has 0 aromatic heterocycles. The van der Waals surface area contributed by atoms with Crippen LogP contribution in [0.4, 0.5) is 0 Å². The van der Waals surface area contributed by atoms with Crippen LogP contribution in [0.15, 0.2) is 42.5 Å². The van der Waals surface area contributed by atoms with Gasteiger partial charge in [0, 0.05) is 37.3 Å². The van der Waals surface area contributed by atoms with Crippen LogP contribution in [-0.4, -0.2) is 61.3 Å². The summed E-state index contributed by atoms with van der Waals surface area (Å²) in [6.07, 6.45) is 3.31. The van der Waals surface area contributed by atoms with Crippen molar-refractivity contribution in [3.63, 3.8) is 0 Å². The molecule has 3 aliphatic heterocycles. The van der Waals surface area contributed by atoms with Gasteiger partial charge in [0.25, 0.3) is 0 Å². The quantitative estimate of drug-likeness (QED) is 0.423. The van der Waals surface area contributed by atoms with Gasteiger partial charge in [-0.2, -0.15) is 0 Å². The van der Waals surface area contributed by atoms with Crippen LogP contribution in [0.25, 0.3) is 0 Å². The van der Waals surface area contributed by atoms with E-state index in [1.54, 1.807) is 18.2 Å². The fourth-order valence-corrected chi connectivity index (χ4v) is 5.37. The first kappa shape index (κ1) is 22.6. The van der Waals surface area contributed by atoms with Gasteiger partial charge >= 0.3 is 29.7 Å². The van der Waals surface area contributed by atoms with E-state index in [1.807, 2.05) is 0 Å². The summed E-state index contributed by atoms with van der Waals surface area (Å²) in [6, 6.07) is 4.09. The van der Waals surface area contributed by atoms with E-state index in [0.29, 0.717) is 18.7 Å². The van der Waals surface area contributed by atoms with Crippen molar-refractivity contribution in [2.75, 3.05) is 19.6 Å². The summed E-state index contributed by atoms with van der Waals surface area (Å²) in [4.78, 5) is 51.1. The van der Waals surface area contributed by atoms with Crippen LogP contribution in [0.3, 0.4) is 0 Å². The molecule has 5 rings (SSSR count). The van der Waals surface area contributed by atoms with E-state index in [4.69, 9.17) is 30.5 Å². The summed E-state index contributed by atoms with van der Waals surface area (Å²) in [5.74, 6) is -5.88. The molecular formula is C23H21ClN2O8. The average Bonchev–Trinajstić information content (AvgIpc) is 3.14. The summed E-state index contributed by atoms with van der Waals surface area (Å²) in [6.45, 7) is 1.37. The van der Waals surface area contributed by atoms with Gasteiger partial charge in [-0.15, -0.1) is 0 Å². The lowest BCUT2D eigenvalue weighted by molar-refractivity contribution is -0.333. The Hall–Kier alpha value is -3.21. The highest BCUT2D eigenvalue weighted by molar-refractivity contribution is 6.31. The Balaban J connectivity index is 1.85. The van der Waals surface area contributed by atoms with Gasteiger partial charge in [0.15, 0.2) is 6.10 Å². The van der Waals surface area contributed by atoms with E-state index in [-0.39, 0.29) is 23.6 Å². The number of halogens is 1. The molecule has 1 aliphatic carbocycles. The molecular weight excluding hydrogens is 468 g/mol. The second-order valence-electron chi connectivity index (χ2n) is 8.31. The van der Waals surface area contributed by atoms with Gasteiger partial charge in [-0.25, -0.2) is 19.2 Å². The number of nitrogens with one attached hydrogen (secondary N) is 2. The van der Waals surface area contributed by atoms with Gasteiger partial charge in [-0.1, -0.05) is 23.7 Å². The minimum absolute atomic E-state index is 0.0607. The molecule has 3 atom stereocenters. The lowest BCUT2D eigenvalue weighted by atomic mass is 9.68. The molecule has 10 nitrogen and oxygen atoms in total. The normalized spacial score (nSPS) is 31.3. The Morgan fingerprint density at radius 1 is 0.882 bits per heavy atom. The number of rotatable bonds is 1. The molecule has 1 aromatic rings. The zero-order chi connectivity index (χ0) is 23.9. The Kier molecular flexibility index (Phi) is 5.67. The summed E-state index contributed by atoms with van der Waals surface area (Å²) < 4.78 is 23.5. The predicted molar refractivity (Wildman–Crippen MR) is 115 cm³/mol. The van der Waals surface area contributed by atoms with E-state index >= 15 is 0 Å². The van der Waals surface area contributed by atoms with Crippen LogP contribution in [0.1, 0.15) is 17.5 Å².